The predicted molar refractivity (Wildman–Crippen MR) is 78.5 cm³/mol. The number of ether oxygens (including phenoxy) is 1. The van der Waals surface area contributed by atoms with Crippen molar-refractivity contribution in [2.45, 2.75) is 4.90 Å². The van der Waals surface area contributed by atoms with Gasteiger partial charge in [-0.05, 0) is 44.0 Å². The summed E-state index contributed by atoms with van der Waals surface area (Å²) >= 11 is 17.5. The second kappa shape index (κ2) is 6.58. The summed E-state index contributed by atoms with van der Waals surface area (Å²) in [6.45, 7) is 0.0664. The Balaban J connectivity index is 3.10. The zero-order valence-corrected chi connectivity index (χ0v) is 14.2. The highest BCUT2D eigenvalue weighted by molar-refractivity contribution is 9.11. The number of nitrogens with two attached hydrogens (primary N) is 1. The van der Waals surface area contributed by atoms with Crippen molar-refractivity contribution >= 4 is 65.1 Å². The first-order chi connectivity index (χ1) is 8.25. The maximum absolute atomic E-state index is 11.2. The van der Waals surface area contributed by atoms with E-state index >= 15 is 0 Å². The minimum absolute atomic E-state index is 0.0346. The van der Waals surface area contributed by atoms with E-state index in [2.05, 4.69) is 31.9 Å². The Morgan fingerprint density at radius 2 is 1.89 bits per heavy atom. The summed E-state index contributed by atoms with van der Waals surface area (Å²) in [6.07, 6.45) is 0. The van der Waals surface area contributed by atoms with E-state index in [1.54, 1.807) is 0 Å². The molecule has 18 heavy (non-hydrogen) atoms. The average molecular weight is 440 g/mol. The van der Waals surface area contributed by atoms with Crippen LogP contribution in [0.4, 0.5) is 0 Å². The van der Waals surface area contributed by atoms with Crippen molar-refractivity contribution in [2.24, 2.45) is 5.14 Å². The Morgan fingerprint density at radius 1 is 1.39 bits per heavy atom. The normalized spacial score (nSPS) is 12.6. The topological polar surface area (TPSA) is 69.4 Å². The van der Waals surface area contributed by atoms with Gasteiger partial charge < -0.3 is 4.74 Å². The molecule has 0 heterocycles. The Morgan fingerprint density at radius 3 is 2.28 bits per heavy atom. The lowest BCUT2D eigenvalue weighted by atomic mass is 10.3. The first-order valence-corrected chi connectivity index (χ1v) is 8.29. The van der Waals surface area contributed by atoms with Crippen molar-refractivity contribution in [1.82, 2.24) is 0 Å². The molecule has 0 unspecified atom stereocenters. The van der Waals surface area contributed by atoms with E-state index in [9.17, 15) is 8.42 Å². The lowest BCUT2D eigenvalue weighted by Gasteiger charge is -2.11. The van der Waals surface area contributed by atoms with Gasteiger partial charge in [0.05, 0.1) is 18.9 Å². The molecule has 1 aromatic rings. The summed E-state index contributed by atoms with van der Waals surface area (Å²) in [5, 5.41) is 5.34. The lowest BCUT2D eigenvalue weighted by molar-refractivity contribution is 0.354. The van der Waals surface area contributed by atoms with E-state index in [1.165, 1.54) is 17.7 Å². The monoisotopic (exact) mass is 437 g/mol. The van der Waals surface area contributed by atoms with Crippen LogP contribution < -0.4 is 9.88 Å². The second-order valence-corrected chi connectivity index (χ2v) is 7.08. The number of sulfonamides is 1. The highest BCUT2D eigenvalue weighted by atomic mass is 79.9. The number of halogens is 4. The minimum atomic E-state index is -3.77. The van der Waals surface area contributed by atoms with Crippen LogP contribution in [0.2, 0.25) is 0 Å². The molecule has 0 aromatic heterocycles. The maximum Gasteiger partial charge on any atom is 0.238 e. The van der Waals surface area contributed by atoms with E-state index in [1.807, 2.05) is 0 Å². The Kier molecular flexibility index (Phi) is 5.95. The number of benzene rings is 1. The molecule has 0 amide bonds. The predicted octanol–water partition coefficient (Wildman–Crippen LogP) is 3.56. The highest BCUT2D eigenvalue weighted by Crippen LogP contribution is 2.36. The van der Waals surface area contributed by atoms with Crippen LogP contribution in [0.25, 0.3) is 0 Å². The molecule has 0 aliphatic carbocycles. The number of rotatable bonds is 4. The zero-order chi connectivity index (χ0) is 13.9. The van der Waals surface area contributed by atoms with Crippen LogP contribution in [0.3, 0.4) is 0 Å². The standard InChI is InChI=1S/C9H7Br2Cl2NO3S/c10-7-1-6(18(14,15)16)2-8(11)9(7)17-4-5(13)3-12/h1-3H,4H2,(H2,14,15,16)/b5-3-. The molecule has 0 radical (unpaired) electrons. The summed E-state index contributed by atoms with van der Waals surface area (Å²) in [7, 11) is -3.77. The van der Waals surface area contributed by atoms with E-state index in [0.717, 1.165) is 0 Å². The quantitative estimate of drug-likeness (QED) is 0.779. The maximum atomic E-state index is 11.2. The van der Waals surface area contributed by atoms with Gasteiger partial charge in [0, 0.05) is 5.54 Å². The molecule has 2 N–H and O–H groups in total. The van der Waals surface area contributed by atoms with Crippen molar-refractivity contribution in [3.8, 4) is 5.75 Å². The summed E-state index contributed by atoms with van der Waals surface area (Å²) in [5.41, 5.74) is 1.18. The molecule has 1 aromatic carbocycles. The van der Waals surface area contributed by atoms with Crippen LogP contribution in [-0.4, -0.2) is 15.0 Å². The lowest BCUT2D eigenvalue weighted by Crippen LogP contribution is -2.12. The molecular weight excluding hydrogens is 433 g/mol. The largest absolute Gasteiger partial charge is 0.486 e. The van der Waals surface area contributed by atoms with Gasteiger partial charge in [-0.1, -0.05) is 23.2 Å². The van der Waals surface area contributed by atoms with E-state index in [-0.39, 0.29) is 11.5 Å². The van der Waals surface area contributed by atoms with E-state index < -0.39 is 10.0 Å². The third kappa shape index (κ3) is 4.40. The summed E-state index contributed by atoms with van der Waals surface area (Å²) in [5.74, 6) is 0.402. The van der Waals surface area contributed by atoms with Gasteiger partial charge in [-0.15, -0.1) is 0 Å². The molecule has 100 valence electrons. The molecule has 9 heteroatoms. The molecule has 0 saturated heterocycles. The fraction of sp³-hybridized carbons (Fsp3) is 0.111. The van der Waals surface area contributed by atoms with Gasteiger partial charge in [0.15, 0.2) is 0 Å². The molecule has 1 rings (SSSR count). The van der Waals surface area contributed by atoms with Crippen molar-refractivity contribution < 1.29 is 13.2 Å². The molecule has 0 spiro atoms. The van der Waals surface area contributed by atoms with Crippen LogP contribution in [0.5, 0.6) is 5.75 Å². The molecule has 0 saturated carbocycles. The SMILES string of the molecule is NS(=O)(=O)c1cc(Br)c(OC/C(Cl)=C/Cl)c(Br)c1. The third-order valence-corrected chi connectivity index (χ3v) is 4.44. The summed E-state index contributed by atoms with van der Waals surface area (Å²) < 4.78 is 28.7. The Bertz CT molecular complexity index is 566. The molecule has 0 bridgehead atoms. The zero-order valence-electron chi connectivity index (χ0n) is 8.66. The summed E-state index contributed by atoms with van der Waals surface area (Å²) in [6, 6.07) is 2.68. The first-order valence-electron chi connectivity index (χ1n) is 4.35. The smallest absolute Gasteiger partial charge is 0.238 e. The molecule has 4 nitrogen and oxygen atoms in total. The van der Waals surface area contributed by atoms with Crippen molar-refractivity contribution in [1.29, 1.82) is 0 Å². The van der Waals surface area contributed by atoms with Gasteiger partial charge >= 0.3 is 0 Å². The first kappa shape index (κ1) is 16.3. The molecule has 0 aliphatic rings. The number of hydrogen-bond donors (Lipinski definition) is 1. The van der Waals surface area contributed by atoms with Gasteiger partial charge in [0.25, 0.3) is 0 Å². The second-order valence-electron chi connectivity index (χ2n) is 3.11. The molecular formula is C9H7Br2Cl2NO3S. The van der Waals surface area contributed by atoms with Gasteiger partial charge in [-0.25, -0.2) is 13.6 Å². The van der Waals surface area contributed by atoms with Crippen LogP contribution in [0, 0.1) is 0 Å². The van der Waals surface area contributed by atoms with E-state index in [0.29, 0.717) is 19.7 Å². The van der Waals surface area contributed by atoms with Crippen molar-refractivity contribution in [3.63, 3.8) is 0 Å². The Hall–Kier alpha value is 0.210. The Labute approximate surface area is 131 Å². The highest BCUT2D eigenvalue weighted by Gasteiger charge is 2.15. The number of hydrogen-bond acceptors (Lipinski definition) is 3. The van der Waals surface area contributed by atoms with Crippen LogP contribution >= 0.6 is 55.1 Å². The molecule has 0 aliphatic heterocycles. The van der Waals surface area contributed by atoms with Crippen LogP contribution in [0.1, 0.15) is 0 Å². The number of primary sulfonamides is 1. The molecule has 0 fully saturated rings. The third-order valence-electron chi connectivity index (χ3n) is 1.77. The van der Waals surface area contributed by atoms with Gasteiger partial charge in [0.2, 0.25) is 10.0 Å². The van der Waals surface area contributed by atoms with E-state index in [4.69, 9.17) is 33.1 Å². The molecule has 0 atom stereocenters. The minimum Gasteiger partial charge on any atom is -0.486 e. The van der Waals surface area contributed by atoms with Gasteiger partial charge in [-0.3, -0.25) is 0 Å². The summed E-state index contributed by atoms with van der Waals surface area (Å²) in [4.78, 5) is -0.0346. The van der Waals surface area contributed by atoms with Gasteiger partial charge in [-0.2, -0.15) is 0 Å². The van der Waals surface area contributed by atoms with Crippen LogP contribution in [-0.2, 0) is 10.0 Å². The van der Waals surface area contributed by atoms with Crippen molar-refractivity contribution in [3.05, 3.63) is 31.6 Å². The van der Waals surface area contributed by atoms with Crippen molar-refractivity contribution in [2.75, 3.05) is 6.61 Å². The average Bonchev–Trinajstić information content (AvgIpc) is 2.26. The van der Waals surface area contributed by atoms with Crippen LogP contribution in [0.15, 0.2) is 36.5 Å². The fourth-order valence-electron chi connectivity index (χ4n) is 1.01. The fourth-order valence-corrected chi connectivity index (χ4v) is 3.41. The van der Waals surface area contributed by atoms with Gasteiger partial charge in [0.1, 0.15) is 12.4 Å².